The minimum absolute atomic E-state index is 0.0224. The summed E-state index contributed by atoms with van der Waals surface area (Å²) in [4.78, 5) is 17.1. The van der Waals surface area contributed by atoms with Gasteiger partial charge in [-0.15, -0.1) is 10.2 Å². The number of pyridine rings is 1. The minimum atomic E-state index is -3.68. The van der Waals surface area contributed by atoms with E-state index in [0.29, 0.717) is 48.0 Å². The maximum Gasteiger partial charge on any atom is 0.243 e. The zero-order valence-electron chi connectivity index (χ0n) is 20.9. The van der Waals surface area contributed by atoms with Crippen molar-refractivity contribution in [2.75, 3.05) is 37.4 Å². The Morgan fingerprint density at radius 1 is 1.08 bits per heavy atom. The van der Waals surface area contributed by atoms with E-state index in [0.717, 1.165) is 16.8 Å². The quantitative estimate of drug-likeness (QED) is 0.308. The van der Waals surface area contributed by atoms with Crippen LogP contribution in [-0.4, -0.2) is 70.4 Å². The highest BCUT2D eigenvalue weighted by atomic mass is 35.5. The number of nitrogens with zero attached hydrogens (tertiary/aromatic N) is 5. The van der Waals surface area contributed by atoms with Crippen molar-refractivity contribution in [2.45, 2.75) is 17.0 Å². The van der Waals surface area contributed by atoms with Crippen LogP contribution >= 0.6 is 23.4 Å². The Morgan fingerprint density at radius 2 is 1.82 bits per heavy atom. The van der Waals surface area contributed by atoms with Crippen molar-refractivity contribution in [2.24, 2.45) is 0 Å². The first-order valence-electron chi connectivity index (χ1n) is 12.1. The van der Waals surface area contributed by atoms with Crippen LogP contribution in [0, 0.1) is 6.92 Å². The number of hydrogen-bond donors (Lipinski definition) is 1. The molecule has 0 aliphatic carbocycles. The molecule has 1 fully saturated rings. The first-order chi connectivity index (χ1) is 18.8. The molecule has 2 aromatic heterocycles. The Bertz CT molecular complexity index is 1590. The number of carbonyl (C=O) groups is 1. The number of ether oxygens (including phenoxy) is 1. The maximum absolute atomic E-state index is 13.0. The van der Waals surface area contributed by atoms with Gasteiger partial charge in [0.25, 0.3) is 0 Å². The van der Waals surface area contributed by atoms with E-state index in [1.165, 1.54) is 28.2 Å². The predicted molar refractivity (Wildman–Crippen MR) is 150 cm³/mol. The second-order valence-corrected chi connectivity index (χ2v) is 11.9. The topological polar surface area (TPSA) is 119 Å². The van der Waals surface area contributed by atoms with E-state index >= 15 is 0 Å². The van der Waals surface area contributed by atoms with Gasteiger partial charge < -0.3 is 10.1 Å². The van der Waals surface area contributed by atoms with Crippen molar-refractivity contribution in [3.63, 3.8) is 0 Å². The number of anilines is 1. The molecule has 3 heterocycles. The molecule has 4 aromatic rings. The number of benzene rings is 2. The number of nitrogens with one attached hydrogen (secondary N) is 1. The van der Waals surface area contributed by atoms with Crippen LogP contribution in [-0.2, 0) is 19.6 Å². The third kappa shape index (κ3) is 5.99. The number of halogens is 1. The molecule has 1 aliphatic rings. The number of sulfonamides is 1. The smallest absolute Gasteiger partial charge is 0.243 e. The van der Waals surface area contributed by atoms with Gasteiger partial charge in [-0.05, 0) is 55.0 Å². The number of carbonyl (C=O) groups excluding carboxylic acids is 1. The van der Waals surface area contributed by atoms with Crippen molar-refractivity contribution in [1.29, 1.82) is 0 Å². The van der Waals surface area contributed by atoms with E-state index in [2.05, 4.69) is 20.5 Å². The molecule has 0 bridgehead atoms. The fourth-order valence-corrected chi connectivity index (χ4v) is 6.47. The largest absolute Gasteiger partial charge is 0.379 e. The van der Waals surface area contributed by atoms with Gasteiger partial charge >= 0.3 is 0 Å². The van der Waals surface area contributed by atoms with Crippen molar-refractivity contribution in [3.05, 3.63) is 77.6 Å². The molecule has 1 N–H and O–H groups in total. The molecule has 1 saturated heterocycles. The molecule has 0 atom stereocenters. The fraction of sp³-hybridized carbons (Fsp3) is 0.231. The van der Waals surface area contributed by atoms with Crippen molar-refractivity contribution >= 4 is 45.0 Å². The summed E-state index contributed by atoms with van der Waals surface area (Å²) in [7, 11) is -3.68. The van der Waals surface area contributed by atoms with E-state index < -0.39 is 10.0 Å². The fourth-order valence-electron chi connectivity index (χ4n) is 4.10. The third-order valence-electron chi connectivity index (χ3n) is 6.11. The summed E-state index contributed by atoms with van der Waals surface area (Å²) in [5, 5.41) is 12.6. The third-order valence-corrected chi connectivity index (χ3v) is 9.34. The predicted octanol–water partition coefficient (Wildman–Crippen LogP) is 4.04. The van der Waals surface area contributed by atoms with Gasteiger partial charge in [-0.25, -0.2) is 8.42 Å². The van der Waals surface area contributed by atoms with Crippen LogP contribution in [0.2, 0.25) is 5.02 Å². The van der Waals surface area contributed by atoms with Crippen LogP contribution in [0.1, 0.15) is 5.56 Å². The van der Waals surface area contributed by atoms with Gasteiger partial charge in [0.15, 0.2) is 11.0 Å². The number of aromatic nitrogens is 4. The van der Waals surface area contributed by atoms with E-state index in [1.54, 1.807) is 24.5 Å². The van der Waals surface area contributed by atoms with E-state index in [-0.39, 0.29) is 16.6 Å². The van der Waals surface area contributed by atoms with Crippen LogP contribution in [0.15, 0.2) is 77.0 Å². The first-order valence-corrected chi connectivity index (χ1v) is 14.9. The molecule has 202 valence electrons. The Labute approximate surface area is 235 Å². The number of rotatable bonds is 8. The standard InChI is InChI=1S/C26H25ClN6O4S2/c1-18-22(27)6-3-7-23(18)33-25(19-8-10-28-11-9-19)30-31-26(33)38-17-24(34)29-20-4-2-5-21(16-20)39(35,36)32-12-14-37-15-13-32/h2-11,16H,12-15,17H2,1H3,(H,29,34). The molecule has 13 heteroatoms. The minimum Gasteiger partial charge on any atom is -0.379 e. The van der Waals surface area contributed by atoms with E-state index in [9.17, 15) is 13.2 Å². The van der Waals surface area contributed by atoms with Crippen LogP contribution < -0.4 is 5.32 Å². The summed E-state index contributed by atoms with van der Waals surface area (Å²) >= 11 is 7.62. The highest BCUT2D eigenvalue weighted by Crippen LogP contribution is 2.31. The molecule has 0 spiro atoms. The second kappa shape index (κ2) is 11.8. The zero-order chi connectivity index (χ0) is 27.4. The molecule has 5 rings (SSSR count). The molecule has 2 aromatic carbocycles. The lowest BCUT2D eigenvalue weighted by atomic mass is 10.2. The highest BCUT2D eigenvalue weighted by Gasteiger charge is 2.26. The average molecular weight is 585 g/mol. The van der Waals surface area contributed by atoms with Gasteiger partial charge in [0, 0.05) is 41.8 Å². The number of morpholine rings is 1. The Balaban J connectivity index is 1.35. The number of thioether (sulfide) groups is 1. The molecule has 0 radical (unpaired) electrons. The Kier molecular flexibility index (Phi) is 8.29. The van der Waals surface area contributed by atoms with Crippen molar-refractivity contribution < 1.29 is 17.9 Å². The SMILES string of the molecule is Cc1c(Cl)cccc1-n1c(SCC(=O)Nc2cccc(S(=O)(=O)N3CCOCC3)c2)nnc1-c1ccncc1. The summed E-state index contributed by atoms with van der Waals surface area (Å²) in [5.41, 5.74) is 2.84. The molecule has 1 aliphatic heterocycles. The van der Waals surface area contributed by atoms with Gasteiger partial charge in [0.05, 0.1) is 29.5 Å². The Morgan fingerprint density at radius 3 is 2.59 bits per heavy atom. The summed E-state index contributed by atoms with van der Waals surface area (Å²) in [6.07, 6.45) is 3.35. The van der Waals surface area contributed by atoms with Crippen LogP contribution in [0.4, 0.5) is 5.69 Å². The van der Waals surface area contributed by atoms with Gasteiger partial charge in [0.2, 0.25) is 15.9 Å². The summed E-state index contributed by atoms with van der Waals surface area (Å²) in [6.45, 7) is 3.21. The molecule has 10 nitrogen and oxygen atoms in total. The van der Waals surface area contributed by atoms with Crippen molar-refractivity contribution in [1.82, 2.24) is 24.1 Å². The van der Waals surface area contributed by atoms with Crippen LogP contribution in [0.3, 0.4) is 0 Å². The number of amides is 1. The first kappa shape index (κ1) is 27.3. The summed E-state index contributed by atoms with van der Waals surface area (Å²) in [5.74, 6) is 0.296. The second-order valence-electron chi connectivity index (χ2n) is 8.64. The monoisotopic (exact) mass is 584 g/mol. The lowest BCUT2D eigenvalue weighted by molar-refractivity contribution is -0.113. The summed E-state index contributed by atoms with van der Waals surface area (Å²) in [6, 6.07) is 15.5. The molecule has 39 heavy (non-hydrogen) atoms. The van der Waals surface area contributed by atoms with Gasteiger partial charge in [0.1, 0.15) is 0 Å². The molecular formula is C26H25ClN6O4S2. The van der Waals surface area contributed by atoms with E-state index in [1.807, 2.05) is 41.8 Å². The lowest BCUT2D eigenvalue weighted by Gasteiger charge is -2.26. The van der Waals surface area contributed by atoms with Gasteiger partial charge in [-0.2, -0.15) is 4.31 Å². The van der Waals surface area contributed by atoms with Crippen LogP contribution in [0.5, 0.6) is 0 Å². The molecule has 1 amide bonds. The highest BCUT2D eigenvalue weighted by molar-refractivity contribution is 7.99. The Hall–Kier alpha value is -3.29. The van der Waals surface area contributed by atoms with Gasteiger partial charge in [-0.1, -0.05) is 35.5 Å². The van der Waals surface area contributed by atoms with Crippen LogP contribution in [0.25, 0.3) is 17.1 Å². The van der Waals surface area contributed by atoms with E-state index in [4.69, 9.17) is 16.3 Å². The maximum atomic E-state index is 13.0. The average Bonchev–Trinajstić information content (AvgIpc) is 3.38. The molecule has 0 saturated carbocycles. The summed E-state index contributed by atoms with van der Waals surface area (Å²) < 4.78 is 34.5. The molecular weight excluding hydrogens is 560 g/mol. The number of hydrogen-bond acceptors (Lipinski definition) is 8. The van der Waals surface area contributed by atoms with Gasteiger partial charge in [-0.3, -0.25) is 14.3 Å². The normalized spacial score (nSPS) is 14.3. The zero-order valence-corrected chi connectivity index (χ0v) is 23.3. The molecule has 0 unspecified atom stereocenters. The van der Waals surface area contributed by atoms with Crippen molar-refractivity contribution in [3.8, 4) is 17.1 Å². The lowest BCUT2D eigenvalue weighted by Crippen LogP contribution is -2.40.